The van der Waals surface area contributed by atoms with Crippen LogP contribution in [0.1, 0.15) is 44.9 Å². The Labute approximate surface area is 131 Å². The summed E-state index contributed by atoms with van der Waals surface area (Å²) in [4.78, 5) is 28.6. The number of carbonyl (C=O) groups is 2. The van der Waals surface area contributed by atoms with E-state index >= 15 is 0 Å². The lowest BCUT2D eigenvalue weighted by molar-refractivity contribution is -0.168. The van der Waals surface area contributed by atoms with Crippen molar-refractivity contribution in [3.05, 3.63) is 0 Å². The van der Waals surface area contributed by atoms with Gasteiger partial charge in [-0.3, -0.25) is 9.63 Å². The average Bonchev–Trinajstić information content (AvgIpc) is 2.44. The molecule has 6 nitrogen and oxygen atoms in total. The van der Waals surface area contributed by atoms with Crippen molar-refractivity contribution in [2.75, 3.05) is 20.7 Å². The highest BCUT2D eigenvalue weighted by Crippen LogP contribution is 2.55. The largest absolute Gasteiger partial charge is 0.338 e. The summed E-state index contributed by atoms with van der Waals surface area (Å²) in [7, 11) is 3.02. The van der Waals surface area contributed by atoms with Gasteiger partial charge in [-0.15, -0.1) is 0 Å². The van der Waals surface area contributed by atoms with Gasteiger partial charge in [0.2, 0.25) is 5.91 Å². The molecule has 4 aliphatic rings. The molecule has 22 heavy (non-hydrogen) atoms. The normalized spacial score (nSPS) is 35.3. The Morgan fingerprint density at radius 3 is 2.18 bits per heavy atom. The van der Waals surface area contributed by atoms with Gasteiger partial charge in [-0.1, -0.05) is 0 Å². The van der Waals surface area contributed by atoms with Crippen LogP contribution in [0, 0.1) is 17.8 Å². The monoisotopic (exact) mass is 309 g/mol. The lowest BCUT2D eigenvalue weighted by atomic mass is 9.53. The number of rotatable bonds is 5. The van der Waals surface area contributed by atoms with Gasteiger partial charge in [0.25, 0.3) is 0 Å². The van der Waals surface area contributed by atoms with Crippen LogP contribution in [-0.4, -0.2) is 43.2 Å². The van der Waals surface area contributed by atoms with Crippen molar-refractivity contribution < 1.29 is 14.4 Å². The molecule has 4 aliphatic carbocycles. The first kappa shape index (κ1) is 15.6. The summed E-state index contributed by atoms with van der Waals surface area (Å²) in [6.07, 6.45) is 7.74. The summed E-state index contributed by atoms with van der Waals surface area (Å²) in [6, 6.07) is -0.130. The SMILES string of the molecule is CON(C)C(=O)CCNC(=O)NC12CC3CC(CC(C3)C1)C2. The van der Waals surface area contributed by atoms with Gasteiger partial charge in [-0.25, -0.2) is 9.86 Å². The van der Waals surface area contributed by atoms with Gasteiger partial charge in [-0.05, 0) is 56.3 Å². The third-order valence-electron chi connectivity index (χ3n) is 5.67. The van der Waals surface area contributed by atoms with Crippen molar-refractivity contribution in [3.63, 3.8) is 0 Å². The first-order valence-electron chi connectivity index (χ1n) is 8.36. The van der Waals surface area contributed by atoms with Gasteiger partial charge in [0.15, 0.2) is 0 Å². The van der Waals surface area contributed by atoms with Crippen LogP contribution >= 0.6 is 0 Å². The minimum Gasteiger partial charge on any atom is -0.338 e. The number of carbonyl (C=O) groups excluding carboxylic acids is 2. The first-order valence-corrected chi connectivity index (χ1v) is 8.36. The summed E-state index contributed by atoms with van der Waals surface area (Å²) < 4.78 is 0. The van der Waals surface area contributed by atoms with Gasteiger partial charge < -0.3 is 10.6 Å². The maximum atomic E-state index is 12.2. The molecule has 0 spiro atoms. The molecule has 4 saturated carbocycles. The van der Waals surface area contributed by atoms with E-state index in [0.29, 0.717) is 6.54 Å². The smallest absolute Gasteiger partial charge is 0.315 e. The van der Waals surface area contributed by atoms with Crippen molar-refractivity contribution in [1.82, 2.24) is 15.7 Å². The molecule has 0 unspecified atom stereocenters. The maximum Gasteiger partial charge on any atom is 0.315 e. The van der Waals surface area contributed by atoms with Gasteiger partial charge in [0.1, 0.15) is 0 Å². The number of nitrogens with zero attached hydrogens (tertiary/aromatic N) is 1. The molecule has 4 fully saturated rings. The molecule has 0 aliphatic heterocycles. The van der Waals surface area contributed by atoms with Crippen LogP contribution in [0.15, 0.2) is 0 Å². The van der Waals surface area contributed by atoms with E-state index in [-0.39, 0.29) is 23.9 Å². The zero-order valence-electron chi connectivity index (χ0n) is 13.6. The lowest BCUT2D eigenvalue weighted by Crippen LogP contribution is -2.61. The Balaban J connectivity index is 1.45. The number of amides is 3. The predicted octanol–water partition coefficient (Wildman–Crippen LogP) is 1.66. The molecule has 0 aromatic rings. The molecule has 0 saturated heterocycles. The molecule has 0 atom stereocenters. The lowest BCUT2D eigenvalue weighted by Gasteiger charge is -2.56. The molecular formula is C16H27N3O3. The quantitative estimate of drug-likeness (QED) is 0.759. The van der Waals surface area contributed by atoms with E-state index in [9.17, 15) is 9.59 Å². The number of urea groups is 1. The fraction of sp³-hybridized carbons (Fsp3) is 0.875. The Kier molecular flexibility index (Phi) is 4.30. The van der Waals surface area contributed by atoms with Crippen molar-refractivity contribution in [2.45, 2.75) is 50.5 Å². The second-order valence-electron chi connectivity index (χ2n) is 7.40. The molecule has 0 aromatic heterocycles. The Morgan fingerprint density at radius 2 is 1.68 bits per heavy atom. The fourth-order valence-corrected chi connectivity index (χ4v) is 5.09. The van der Waals surface area contributed by atoms with Gasteiger partial charge in [0, 0.05) is 25.6 Å². The van der Waals surface area contributed by atoms with E-state index < -0.39 is 0 Å². The average molecular weight is 309 g/mol. The third kappa shape index (κ3) is 3.21. The van der Waals surface area contributed by atoms with Crippen molar-refractivity contribution in [1.29, 1.82) is 0 Å². The first-order chi connectivity index (χ1) is 10.5. The van der Waals surface area contributed by atoms with E-state index in [1.807, 2.05) is 0 Å². The molecular weight excluding hydrogens is 282 g/mol. The molecule has 2 N–H and O–H groups in total. The van der Waals surface area contributed by atoms with E-state index in [2.05, 4.69) is 10.6 Å². The highest BCUT2D eigenvalue weighted by molar-refractivity contribution is 5.77. The Morgan fingerprint density at radius 1 is 1.14 bits per heavy atom. The third-order valence-corrected chi connectivity index (χ3v) is 5.67. The molecule has 6 heteroatoms. The summed E-state index contributed by atoms with van der Waals surface area (Å²) in [6.45, 7) is 0.338. The highest BCUT2D eigenvalue weighted by atomic mass is 16.7. The molecule has 0 heterocycles. The summed E-state index contributed by atoms with van der Waals surface area (Å²) in [5, 5.41) is 7.23. The predicted molar refractivity (Wildman–Crippen MR) is 81.8 cm³/mol. The second kappa shape index (κ2) is 6.07. The number of hydrogen-bond acceptors (Lipinski definition) is 3. The maximum absolute atomic E-state index is 12.2. The van der Waals surface area contributed by atoms with E-state index in [1.54, 1.807) is 7.05 Å². The number of hydrogen-bond donors (Lipinski definition) is 2. The van der Waals surface area contributed by atoms with Crippen LogP contribution in [0.5, 0.6) is 0 Å². The second-order valence-corrected chi connectivity index (χ2v) is 7.40. The van der Waals surface area contributed by atoms with Crippen LogP contribution in [0.2, 0.25) is 0 Å². The molecule has 124 valence electrons. The molecule has 3 amide bonds. The zero-order chi connectivity index (χ0) is 15.7. The minimum absolute atomic E-state index is 0.0200. The van der Waals surface area contributed by atoms with Crippen molar-refractivity contribution in [2.24, 2.45) is 17.8 Å². The zero-order valence-corrected chi connectivity index (χ0v) is 13.6. The molecule has 4 bridgehead atoms. The summed E-state index contributed by atoms with van der Waals surface area (Å²) in [5.74, 6) is 2.29. The van der Waals surface area contributed by atoms with Crippen LogP contribution in [0.3, 0.4) is 0 Å². The Bertz CT molecular complexity index is 417. The molecule has 4 rings (SSSR count). The number of nitrogens with one attached hydrogen (secondary N) is 2. The van der Waals surface area contributed by atoms with Crippen molar-refractivity contribution in [3.8, 4) is 0 Å². The van der Waals surface area contributed by atoms with Crippen LogP contribution in [0.4, 0.5) is 4.79 Å². The van der Waals surface area contributed by atoms with E-state index in [0.717, 1.165) is 37.0 Å². The minimum atomic E-state index is -0.141. The highest BCUT2D eigenvalue weighted by Gasteiger charge is 2.51. The fourth-order valence-electron chi connectivity index (χ4n) is 5.09. The Hall–Kier alpha value is -1.30. The summed E-state index contributed by atoms with van der Waals surface area (Å²) in [5.41, 5.74) is 0.0200. The number of hydroxylamine groups is 2. The van der Waals surface area contributed by atoms with Crippen molar-refractivity contribution >= 4 is 11.9 Å². The van der Waals surface area contributed by atoms with E-state index in [4.69, 9.17) is 4.84 Å². The van der Waals surface area contributed by atoms with Crippen LogP contribution < -0.4 is 10.6 Å². The van der Waals surface area contributed by atoms with Gasteiger partial charge in [-0.2, -0.15) is 0 Å². The van der Waals surface area contributed by atoms with Gasteiger partial charge >= 0.3 is 6.03 Å². The molecule has 0 aromatic carbocycles. The summed E-state index contributed by atoms with van der Waals surface area (Å²) >= 11 is 0. The van der Waals surface area contributed by atoms with Crippen LogP contribution in [0.25, 0.3) is 0 Å². The van der Waals surface area contributed by atoms with Gasteiger partial charge in [0.05, 0.1) is 7.11 Å². The topological polar surface area (TPSA) is 70.7 Å². The standard InChI is InChI=1S/C16H27N3O3/c1-19(22-2)14(20)3-4-17-15(21)18-16-8-11-5-12(9-16)7-13(6-11)10-16/h11-13H,3-10H2,1-2H3,(H2,17,18,21). The van der Waals surface area contributed by atoms with E-state index in [1.165, 1.54) is 31.4 Å². The molecule has 0 radical (unpaired) electrons. The van der Waals surface area contributed by atoms with Crippen LogP contribution in [-0.2, 0) is 9.63 Å².